The van der Waals surface area contributed by atoms with Crippen LogP contribution < -0.4 is 10.6 Å². The van der Waals surface area contributed by atoms with E-state index in [1.807, 2.05) is 62.4 Å². The molecular weight excluding hydrogens is 556 g/mol. The molecule has 1 aliphatic carbocycles. The first kappa shape index (κ1) is 22.6. The highest BCUT2D eigenvalue weighted by Crippen LogP contribution is 2.41. The molecule has 0 amide bonds. The molecule has 34 heavy (non-hydrogen) atoms. The van der Waals surface area contributed by atoms with Crippen molar-refractivity contribution in [2.45, 2.75) is 13.8 Å². The van der Waals surface area contributed by atoms with Gasteiger partial charge in [0.05, 0.1) is 28.2 Å². The molecule has 0 unspecified atom stereocenters. The summed E-state index contributed by atoms with van der Waals surface area (Å²) in [5, 5.41) is 6.72. The van der Waals surface area contributed by atoms with E-state index in [0.29, 0.717) is 33.6 Å². The number of carbonyl (C=O) groups excluding carboxylic acids is 2. The lowest BCUT2D eigenvalue weighted by Crippen LogP contribution is -2.23. The fourth-order valence-corrected chi connectivity index (χ4v) is 5.79. The standard InChI is InChI=1S/C28H20Br2N2O2/c1-15-7-9-17(10-8-15)31-22-11-12-23(32-26-20(29)13-16(2)14-21(26)30)25-24(22)27(33)18-5-3-4-6-19(18)28(25)34/h3-14,31-32H,1-2H3. The number of anilines is 4. The normalized spacial score (nSPS) is 12.2. The Balaban J connectivity index is 1.68. The van der Waals surface area contributed by atoms with Crippen molar-refractivity contribution < 1.29 is 9.59 Å². The first-order valence-electron chi connectivity index (χ1n) is 10.8. The van der Waals surface area contributed by atoms with Crippen molar-refractivity contribution in [2.75, 3.05) is 10.6 Å². The number of aryl methyl sites for hydroxylation is 2. The monoisotopic (exact) mass is 574 g/mol. The molecule has 4 aromatic rings. The van der Waals surface area contributed by atoms with E-state index in [1.165, 1.54) is 0 Å². The highest BCUT2D eigenvalue weighted by Gasteiger charge is 2.34. The third kappa shape index (κ3) is 3.97. The van der Waals surface area contributed by atoms with E-state index in [4.69, 9.17) is 0 Å². The number of hydrogen-bond donors (Lipinski definition) is 2. The molecule has 0 saturated carbocycles. The molecule has 0 heterocycles. The molecule has 168 valence electrons. The SMILES string of the molecule is Cc1ccc(Nc2ccc(Nc3c(Br)cc(C)cc3Br)c3c2C(=O)c2ccccc2C3=O)cc1. The number of ketones is 2. The van der Waals surface area contributed by atoms with E-state index in [0.717, 1.165) is 31.4 Å². The minimum Gasteiger partial charge on any atom is -0.355 e. The zero-order valence-electron chi connectivity index (χ0n) is 18.5. The topological polar surface area (TPSA) is 58.2 Å². The highest BCUT2D eigenvalue weighted by molar-refractivity contribution is 9.11. The van der Waals surface area contributed by atoms with Crippen LogP contribution in [0.15, 0.2) is 81.7 Å². The Hall–Kier alpha value is -3.22. The van der Waals surface area contributed by atoms with Crippen LogP contribution in [0.25, 0.3) is 0 Å². The van der Waals surface area contributed by atoms with Gasteiger partial charge in [-0.1, -0.05) is 42.0 Å². The van der Waals surface area contributed by atoms with Crippen molar-refractivity contribution in [3.05, 3.63) is 115 Å². The van der Waals surface area contributed by atoms with Crippen molar-refractivity contribution in [1.82, 2.24) is 0 Å². The van der Waals surface area contributed by atoms with Crippen LogP contribution >= 0.6 is 31.9 Å². The molecule has 0 aliphatic heterocycles. The highest BCUT2D eigenvalue weighted by atomic mass is 79.9. The van der Waals surface area contributed by atoms with Crippen molar-refractivity contribution in [1.29, 1.82) is 0 Å². The quantitative estimate of drug-likeness (QED) is 0.227. The average Bonchev–Trinajstić information content (AvgIpc) is 2.81. The summed E-state index contributed by atoms with van der Waals surface area (Å²) in [7, 11) is 0. The Morgan fingerprint density at radius 3 is 1.65 bits per heavy atom. The van der Waals surface area contributed by atoms with E-state index in [9.17, 15) is 9.59 Å². The average molecular weight is 576 g/mol. The van der Waals surface area contributed by atoms with Crippen molar-refractivity contribution in [3.63, 3.8) is 0 Å². The second-order valence-electron chi connectivity index (χ2n) is 8.33. The molecule has 0 saturated heterocycles. The Labute approximate surface area is 214 Å². The van der Waals surface area contributed by atoms with E-state index in [2.05, 4.69) is 42.5 Å². The number of rotatable bonds is 4. The molecule has 0 bridgehead atoms. The van der Waals surface area contributed by atoms with Gasteiger partial charge < -0.3 is 10.6 Å². The molecule has 0 aromatic heterocycles. The number of hydrogen-bond acceptors (Lipinski definition) is 4. The van der Waals surface area contributed by atoms with Gasteiger partial charge in [0, 0.05) is 25.8 Å². The predicted octanol–water partition coefficient (Wildman–Crippen LogP) is 8.09. The summed E-state index contributed by atoms with van der Waals surface area (Å²) in [5.41, 5.74) is 6.59. The van der Waals surface area contributed by atoms with Crippen molar-refractivity contribution >= 4 is 66.2 Å². The van der Waals surface area contributed by atoms with Gasteiger partial charge in [0.15, 0.2) is 11.6 Å². The fraction of sp³-hybridized carbons (Fsp3) is 0.0714. The third-order valence-corrected chi connectivity index (χ3v) is 7.10. The van der Waals surface area contributed by atoms with Crippen LogP contribution in [0.5, 0.6) is 0 Å². The maximum absolute atomic E-state index is 13.7. The van der Waals surface area contributed by atoms with Crippen LogP contribution in [0.1, 0.15) is 43.0 Å². The summed E-state index contributed by atoms with van der Waals surface area (Å²) >= 11 is 7.22. The van der Waals surface area contributed by atoms with Gasteiger partial charge >= 0.3 is 0 Å². The number of carbonyl (C=O) groups is 2. The fourth-order valence-electron chi connectivity index (χ4n) is 4.18. The Bertz CT molecular complexity index is 1450. The van der Waals surface area contributed by atoms with Gasteiger partial charge in [0.2, 0.25) is 0 Å². The maximum atomic E-state index is 13.7. The minimum atomic E-state index is -0.181. The van der Waals surface area contributed by atoms with Gasteiger partial charge in [0.1, 0.15) is 0 Å². The molecule has 6 heteroatoms. The first-order valence-corrected chi connectivity index (χ1v) is 12.3. The molecule has 5 rings (SSSR count). The molecule has 0 fully saturated rings. The molecule has 1 aliphatic rings. The van der Waals surface area contributed by atoms with Crippen LogP contribution in [-0.4, -0.2) is 11.6 Å². The minimum absolute atomic E-state index is 0.175. The summed E-state index contributed by atoms with van der Waals surface area (Å²) in [6.45, 7) is 4.03. The van der Waals surface area contributed by atoms with Gasteiger partial charge in [-0.05, 0) is 87.7 Å². The number of halogens is 2. The van der Waals surface area contributed by atoms with Crippen LogP contribution in [-0.2, 0) is 0 Å². The summed E-state index contributed by atoms with van der Waals surface area (Å²) in [6, 6.07) is 22.6. The predicted molar refractivity (Wildman–Crippen MR) is 144 cm³/mol. The van der Waals surface area contributed by atoms with Gasteiger partial charge in [-0.3, -0.25) is 9.59 Å². The van der Waals surface area contributed by atoms with Gasteiger partial charge in [0.25, 0.3) is 0 Å². The Kier molecular flexibility index (Phi) is 5.88. The van der Waals surface area contributed by atoms with E-state index >= 15 is 0 Å². The van der Waals surface area contributed by atoms with E-state index in [1.54, 1.807) is 24.3 Å². The molecule has 0 spiro atoms. The third-order valence-electron chi connectivity index (χ3n) is 5.85. The smallest absolute Gasteiger partial charge is 0.196 e. The summed E-state index contributed by atoms with van der Waals surface area (Å²) in [5.74, 6) is -0.356. The summed E-state index contributed by atoms with van der Waals surface area (Å²) in [4.78, 5) is 27.4. The van der Waals surface area contributed by atoms with Crippen LogP contribution in [0, 0.1) is 13.8 Å². The summed E-state index contributed by atoms with van der Waals surface area (Å²) in [6.07, 6.45) is 0. The van der Waals surface area contributed by atoms with E-state index in [-0.39, 0.29) is 11.6 Å². The van der Waals surface area contributed by atoms with Crippen LogP contribution in [0.2, 0.25) is 0 Å². The van der Waals surface area contributed by atoms with Crippen molar-refractivity contribution in [2.24, 2.45) is 0 Å². The van der Waals surface area contributed by atoms with Gasteiger partial charge in [-0.15, -0.1) is 0 Å². The largest absolute Gasteiger partial charge is 0.355 e. The number of benzene rings is 4. The second-order valence-corrected chi connectivity index (χ2v) is 10.0. The second kappa shape index (κ2) is 8.85. The van der Waals surface area contributed by atoms with Crippen LogP contribution in [0.3, 0.4) is 0 Å². The molecule has 0 atom stereocenters. The molecule has 4 aromatic carbocycles. The lowest BCUT2D eigenvalue weighted by Gasteiger charge is -2.24. The molecule has 4 nitrogen and oxygen atoms in total. The zero-order chi connectivity index (χ0) is 24.0. The van der Waals surface area contributed by atoms with Gasteiger partial charge in [-0.2, -0.15) is 0 Å². The Morgan fingerprint density at radius 2 is 1.12 bits per heavy atom. The van der Waals surface area contributed by atoms with Gasteiger partial charge in [-0.25, -0.2) is 0 Å². The Morgan fingerprint density at radius 1 is 0.618 bits per heavy atom. The summed E-state index contributed by atoms with van der Waals surface area (Å²) < 4.78 is 1.70. The lowest BCUT2D eigenvalue weighted by molar-refractivity contribution is 0.0980. The molecule has 2 N–H and O–H groups in total. The maximum Gasteiger partial charge on any atom is 0.196 e. The molecule has 0 radical (unpaired) electrons. The first-order chi connectivity index (χ1) is 16.3. The number of fused-ring (bicyclic) bond motifs is 2. The lowest BCUT2D eigenvalue weighted by atomic mass is 9.82. The van der Waals surface area contributed by atoms with E-state index < -0.39 is 0 Å². The van der Waals surface area contributed by atoms with Crippen molar-refractivity contribution in [3.8, 4) is 0 Å². The van der Waals surface area contributed by atoms with Crippen LogP contribution in [0.4, 0.5) is 22.7 Å². The zero-order valence-corrected chi connectivity index (χ0v) is 21.7. The number of nitrogens with one attached hydrogen (secondary N) is 2. The molecular formula is C28H20Br2N2O2.